The van der Waals surface area contributed by atoms with E-state index in [1.54, 1.807) is 0 Å². The van der Waals surface area contributed by atoms with Crippen molar-refractivity contribution in [2.24, 2.45) is 0 Å². The zero-order valence-electron chi connectivity index (χ0n) is 6.43. The summed E-state index contributed by atoms with van der Waals surface area (Å²) in [6, 6.07) is 2.16. The first-order valence-corrected chi connectivity index (χ1v) is 4.00. The lowest BCUT2D eigenvalue weighted by atomic mass is 10.1. The van der Waals surface area contributed by atoms with Crippen LogP contribution in [0.4, 0.5) is 0 Å². The number of hydrogen-bond acceptors (Lipinski definition) is 1. The lowest BCUT2D eigenvalue weighted by Gasteiger charge is -2.06. The van der Waals surface area contributed by atoms with Crippen molar-refractivity contribution in [2.45, 2.75) is 19.4 Å². The fraction of sp³-hybridized carbons (Fsp3) is 0.333. The van der Waals surface area contributed by atoms with E-state index >= 15 is 0 Å². The minimum absolute atomic E-state index is 0.929. The van der Waals surface area contributed by atoms with Crippen molar-refractivity contribution in [3.63, 3.8) is 0 Å². The molecule has 11 heavy (non-hydrogen) atoms. The first kappa shape index (κ1) is 6.53. The molecule has 0 radical (unpaired) electrons. The number of aromatic nitrogens is 1. The molecule has 0 saturated carbocycles. The smallest absolute Gasteiger partial charge is 0.0548 e. The highest BCUT2D eigenvalue weighted by atomic mass is 14.9. The van der Waals surface area contributed by atoms with E-state index in [2.05, 4.69) is 22.4 Å². The molecule has 2 N–H and O–H groups in total. The third-order valence-electron chi connectivity index (χ3n) is 2.02. The normalized spacial score (nSPS) is 19.3. The number of allylic oxidation sites excluding steroid dienone is 1. The Hall–Kier alpha value is -1.18. The van der Waals surface area contributed by atoms with Crippen molar-refractivity contribution >= 4 is 0 Å². The molecule has 2 heteroatoms. The van der Waals surface area contributed by atoms with Crippen molar-refractivity contribution in [2.75, 3.05) is 0 Å². The lowest BCUT2D eigenvalue weighted by molar-refractivity contribution is 0.798. The predicted molar refractivity (Wildman–Crippen MR) is 45.1 cm³/mol. The summed E-state index contributed by atoms with van der Waals surface area (Å²) in [7, 11) is 0. The topological polar surface area (TPSA) is 27.8 Å². The molecule has 2 heterocycles. The Labute approximate surface area is 66.3 Å². The Morgan fingerprint density at radius 3 is 3.36 bits per heavy atom. The fourth-order valence-corrected chi connectivity index (χ4v) is 1.40. The molecule has 0 amide bonds. The molecule has 1 aliphatic rings. The molecule has 0 aliphatic carbocycles. The molecule has 1 aliphatic heterocycles. The van der Waals surface area contributed by atoms with Crippen molar-refractivity contribution in [3.8, 4) is 0 Å². The molecule has 0 saturated heterocycles. The number of hydrogen-bond donors (Lipinski definition) is 2. The van der Waals surface area contributed by atoms with Crippen LogP contribution in [-0.2, 0) is 13.0 Å². The van der Waals surface area contributed by atoms with Gasteiger partial charge in [-0.3, -0.25) is 0 Å². The average molecular weight is 148 g/mol. The van der Waals surface area contributed by atoms with Crippen LogP contribution in [-0.4, -0.2) is 4.98 Å². The van der Waals surface area contributed by atoms with Crippen molar-refractivity contribution in [1.29, 1.82) is 0 Å². The standard InChI is InChI=1S/C9H12N2/c1-2-5-10-7-9-8(3-1)4-6-11-9/h2,4-6,10-11H,1,3,7H2/b5-2-. The summed E-state index contributed by atoms with van der Waals surface area (Å²) in [5.41, 5.74) is 2.77. The van der Waals surface area contributed by atoms with Gasteiger partial charge < -0.3 is 10.3 Å². The molecule has 0 bridgehead atoms. The molecule has 0 aromatic carbocycles. The van der Waals surface area contributed by atoms with E-state index in [1.165, 1.54) is 11.3 Å². The maximum atomic E-state index is 3.23. The molecule has 58 valence electrons. The number of rotatable bonds is 0. The number of nitrogens with one attached hydrogen (secondary N) is 2. The molecule has 2 nitrogen and oxygen atoms in total. The zero-order chi connectivity index (χ0) is 7.52. The largest absolute Gasteiger partial charge is 0.386 e. The van der Waals surface area contributed by atoms with Gasteiger partial charge >= 0.3 is 0 Å². The van der Waals surface area contributed by atoms with Crippen LogP contribution < -0.4 is 5.32 Å². The highest BCUT2D eigenvalue weighted by Gasteiger charge is 2.02. The van der Waals surface area contributed by atoms with Crippen LogP contribution >= 0.6 is 0 Å². The van der Waals surface area contributed by atoms with E-state index in [0.29, 0.717) is 0 Å². The van der Waals surface area contributed by atoms with Gasteiger partial charge in [-0.05, 0) is 30.7 Å². The highest BCUT2D eigenvalue weighted by molar-refractivity contribution is 5.22. The molecule has 0 atom stereocenters. The monoisotopic (exact) mass is 148 g/mol. The van der Waals surface area contributed by atoms with Gasteiger partial charge in [-0.2, -0.15) is 0 Å². The summed E-state index contributed by atoms with van der Waals surface area (Å²) >= 11 is 0. The summed E-state index contributed by atoms with van der Waals surface area (Å²) in [5, 5.41) is 3.22. The van der Waals surface area contributed by atoms with E-state index in [1.807, 2.05) is 12.4 Å². The van der Waals surface area contributed by atoms with Crippen LogP contribution in [0.15, 0.2) is 24.5 Å². The summed E-state index contributed by atoms with van der Waals surface area (Å²) < 4.78 is 0. The van der Waals surface area contributed by atoms with Gasteiger partial charge in [0.2, 0.25) is 0 Å². The Morgan fingerprint density at radius 1 is 1.36 bits per heavy atom. The second kappa shape index (κ2) is 2.82. The lowest BCUT2D eigenvalue weighted by Crippen LogP contribution is -2.08. The van der Waals surface area contributed by atoms with Gasteiger partial charge in [-0.25, -0.2) is 0 Å². The van der Waals surface area contributed by atoms with Crippen molar-refractivity contribution in [1.82, 2.24) is 10.3 Å². The predicted octanol–water partition coefficient (Wildman–Crippen LogP) is 1.56. The number of fused-ring (bicyclic) bond motifs is 1. The first-order valence-electron chi connectivity index (χ1n) is 4.00. The Morgan fingerprint density at radius 2 is 2.36 bits per heavy atom. The zero-order valence-corrected chi connectivity index (χ0v) is 6.43. The average Bonchev–Trinajstić information content (AvgIpc) is 2.35. The second-order valence-electron chi connectivity index (χ2n) is 2.80. The molecule has 0 spiro atoms. The fourth-order valence-electron chi connectivity index (χ4n) is 1.40. The van der Waals surface area contributed by atoms with Crippen LogP contribution in [0.5, 0.6) is 0 Å². The SMILES string of the molecule is C1=C\NCc2[nH]ccc2CC/1. The van der Waals surface area contributed by atoms with Gasteiger partial charge in [0.15, 0.2) is 0 Å². The van der Waals surface area contributed by atoms with Crippen LogP contribution in [0.25, 0.3) is 0 Å². The Bertz CT molecular complexity index is 236. The summed E-state index contributed by atoms with van der Waals surface area (Å²) in [6.45, 7) is 0.929. The van der Waals surface area contributed by atoms with Gasteiger partial charge in [0.1, 0.15) is 0 Å². The minimum Gasteiger partial charge on any atom is -0.386 e. The molecule has 2 rings (SSSR count). The van der Waals surface area contributed by atoms with E-state index < -0.39 is 0 Å². The summed E-state index contributed by atoms with van der Waals surface area (Å²) in [6.07, 6.45) is 8.52. The second-order valence-corrected chi connectivity index (χ2v) is 2.80. The summed E-state index contributed by atoms with van der Waals surface area (Å²) in [4.78, 5) is 3.23. The van der Waals surface area contributed by atoms with Crippen LogP contribution in [0, 0.1) is 0 Å². The molecule has 0 unspecified atom stereocenters. The molecule has 0 fully saturated rings. The van der Waals surface area contributed by atoms with Gasteiger partial charge in [-0.15, -0.1) is 0 Å². The van der Waals surface area contributed by atoms with E-state index in [9.17, 15) is 0 Å². The molecular weight excluding hydrogens is 136 g/mol. The highest BCUT2D eigenvalue weighted by Crippen LogP contribution is 2.10. The maximum absolute atomic E-state index is 3.23. The van der Waals surface area contributed by atoms with Gasteiger partial charge in [0, 0.05) is 11.9 Å². The molecule has 1 aromatic rings. The van der Waals surface area contributed by atoms with Gasteiger partial charge in [0.05, 0.1) is 6.54 Å². The van der Waals surface area contributed by atoms with Crippen LogP contribution in [0.3, 0.4) is 0 Å². The van der Waals surface area contributed by atoms with Crippen molar-refractivity contribution in [3.05, 3.63) is 35.8 Å². The summed E-state index contributed by atoms with van der Waals surface area (Å²) in [5.74, 6) is 0. The van der Waals surface area contributed by atoms with Crippen LogP contribution in [0.1, 0.15) is 17.7 Å². The first-order chi connectivity index (χ1) is 5.47. The molecular formula is C9H12N2. The van der Waals surface area contributed by atoms with Crippen LogP contribution in [0.2, 0.25) is 0 Å². The van der Waals surface area contributed by atoms with Crippen molar-refractivity contribution < 1.29 is 0 Å². The van der Waals surface area contributed by atoms with Gasteiger partial charge in [0.25, 0.3) is 0 Å². The Kier molecular flexibility index (Phi) is 1.68. The van der Waals surface area contributed by atoms with E-state index in [-0.39, 0.29) is 0 Å². The number of aromatic amines is 1. The number of H-pyrrole nitrogens is 1. The third-order valence-corrected chi connectivity index (χ3v) is 2.02. The van der Waals surface area contributed by atoms with E-state index in [0.717, 1.165) is 19.4 Å². The third kappa shape index (κ3) is 1.29. The quantitative estimate of drug-likeness (QED) is 0.574. The Balaban J connectivity index is 2.23. The minimum atomic E-state index is 0.929. The molecule has 1 aromatic heterocycles. The van der Waals surface area contributed by atoms with Gasteiger partial charge in [-0.1, -0.05) is 6.08 Å². The maximum Gasteiger partial charge on any atom is 0.0548 e. The number of aryl methyl sites for hydroxylation is 1. The van der Waals surface area contributed by atoms with E-state index in [4.69, 9.17) is 0 Å².